The topological polar surface area (TPSA) is 75.2 Å². The number of nitrogens with zero attached hydrogens (tertiary/aromatic N) is 3. The predicted octanol–water partition coefficient (Wildman–Crippen LogP) is 1.70. The van der Waals surface area contributed by atoms with E-state index in [-0.39, 0.29) is 17.5 Å². The van der Waals surface area contributed by atoms with E-state index in [0.717, 1.165) is 37.6 Å². The van der Waals surface area contributed by atoms with E-state index < -0.39 is 9.84 Å². The Balaban J connectivity index is 2.09. The minimum atomic E-state index is -2.89. The predicted molar refractivity (Wildman–Crippen MR) is 85.5 cm³/mol. The fourth-order valence-electron chi connectivity index (χ4n) is 2.62. The molecule has 7 heteroatoms. The van der Waals surface area contributed by atoms with Gasteiger partial charge >= 0.3 is 0 Å². The molecule has 1 aliphatic rings. The molecule has 0 spiro atoms. The van der Waals surface area contributed by atoms with Crippen LogP contribution in [0.2, 0.25) is 0 Å². The molecule has 118 valence electrons. The normalized spacial score (nSPS) is 20.4. The summed E-state index contributed by atoms with van der Waals surface area (Å²) in [6.07, 6.45) is 4.44. The van der Waals surface area contributed by atoms with Gasteiger partial charge in [0.15, 0.2) is 9.84 Å². The molecule has 0 saturated carbocycles. The van der Waals surface area contributed by atoms with Crippen molar-refractivity contribution in [3.05, 3.63) is 12.4 Å². The van der Waals surface area contributed by atoms with E-state index in [2.05, 4.69) is 27.1 Å². The summed E-state index contributed by atoms with van der Waals surface area (Å²) in [5.41, 5.74) is 0. The summed E-state index contributed by atoms with van der Waals surface area (Å²) in [6, 6.07) is 1.93. The number of hydrogen-bond donors (Lipinski definition) is 1. The van der Waals surface area contributed by atoms with Crippen molar-refractivity contribution in [2.24, 2.45) is 0 Å². The zero-order valence-electron chi connectivity index (χ0n) is 12.7. The van der Waals surface area contributed by atoms with Gasteiger partial charge in [-0.25, -0.2) is 18.4 Å². The third kappa shape index (κ3) is 4.30. The molecule has 0 radical (unpaired) electrons. The van der Waals surface area contributed by atoms with E-state index in [0.29, 0.717) is 6.42 Å². The first kappa shape index (κ1) is 16.0. The molecule has 0 amide bonds. The molecule has 2 heterocycles. The molecule has 1 atom stereocenters. The Labute approximate surface area is 126 Å². The molecule has 0 aliphatic carbocycles. The second-order valence-corrected chi connectivity index (χ2v) is 7.61. The smallest absolute Gasteiger partial charge is 0.152 e. The molecule has 1 fully saturated rings. The maximum atomic E-state index is 11.7. The van der Waals surface area contributed by atoms with E-state index in [1.807, 2.05) is 13.0 Å². The highest BCUT2D eigenvalue weighted by Crippen LogP contribution is 2.23. The first-order chi connectivity index (χ1) is 10.1. The molecule has 1 aromatic rings. The van der Waals surface area contributed by atoms with Gasteiger partial charge in [-0.05, 0) is 19.8 Å². The summed E-state index contributed by atoms with van der Waals surface area (Å²) >= 11 is 0. The van der Waals surface area contributed by atoms with Crippen LogP contribution >= 0.6 is 0 Å². The van der Waals surface area contributed by atoms with Crippen LogP contribution in [0.1, 0.15) is 33.1 Å². The van der Waals surface area contributed by atoms with Crippen LogP contribution in [-0.4, -0.2) is 49.0 Å². The first-order valence-corrected chi connectivity index (χ1v) is 9.41. The number of unbranched alkanes of at least 4 members (excludes halogenated alkanes) is 1. The van der Waals surface area contributed by atoms with Gasteiger partial charge in [0.05, 0.1) is 11.5 Å². The number of aromatic nitrogens is 2. The van der Waals surface area contributed by atoms with Gasteiger partial charge in [0.1, 0.15) is 18.0 Å². The van der Waals surface area contributed by atoms with E-state index in [9.17, 15) is 8.42 Å². The van der Waals surface area contributed by atoms with Crippen molar-refractivity contribution in [3.8, 4) is 0 Å². The average Bonchev–Trinajstić information content (AvgIpc) is 2.81. The highest BCUT2D eigenvalue weighted by atomic mass is 32.2. The fraction of sp³-hybridized carbons (Fsp3) is 0.714. The lowest BCUT2D eigenvalue weighted by atomic mass is 10.2. The van der Waals surface area contributed by atoms with E-state index >= 15 is 0 Å². The van der Waals surface area contributed by atoms with Gasteiger partial charge in [0.2, 0.25) is 0 Å². The van der Waals surface area contributed by atoms with Crippen molar-refractivity contribution in [2.75, 3.05) is 34.8 Å². The van der Waals surface area contributed by atoms with Crippen LogP contribution in [0.5, 0.6) is 0 Å². The molecule has 2 rings (SSSR count). The Hall–Kier alpha value is -1.37. The summed E-state index contributed by atoms with van der Waals surface area (Å²) in [6.45, 7) is 5.80. The van der Waals surface area contributed by atoms with Gasteiger partial charge < -0.3 is 10.2 Å². The molecule has 6 nitrogen and oxygen atoms in total. The molecule has 1 unspecified atom stereocenters. The van der Waals surface area contributed by atoms with E-state index in [4.69, 9.17) is 0 Å². The second-order valence-electron chi connectivity index (χ2n) is 5.38. The van der Waals surface area contributed by atoms with Gasteiger partial charge in [-0.2, -0.15) is 0 Å². The van der Waals surface area contributed by atoms with Crippen LogP contribution in [0.25, 0.3) is 0 Å². The quantitative estimate of drug-likeness (QED) is 0.772. The molecule has 21 heavy (non-hydrogen) atoms. The Morgan fingerprint density at radius 2 is 2.19 bits per heavy atom. The number of hydrogen-bond acceptors (Lipinski definition) is 6. The monoisotopic (exact) mass is 312 g/mol. The highest BCUT2D eigenvalue weighted by Gasteiger charge is 2.32. The molecule has 1 N–H and O–H groups in total. The average molecular weight is 312 g/mol. The van der Waals surface area contributed by atoms with E-state index in [1.54, 1.807) is 0 Å². The number of sulfone groups is 1. The molecule has 0 bridgehead atoms. The molecule has 1 aliphatic heterocycles. The number of nitrogens with one attached hydrogen (secondary N) is 1. The zero-order chi connectivity index (χ0) is 15.3. The lowest BCUT2D eigenvalue weighted by Gasteiger charge is -2.28. The van der Waals surface area contributed by atoms with Crippen molar-refractivity contribution >= 4 is 21.5 Å². The van der Waals surface area contributed by atoms with Crippen LogP contribution in [0.15, 0.2) is 12.4 Å². The molecule has 1 aromatic heterocycles. The summed E-state index contributed by atoms with van der Waals surface area (Å²) in [7, 11) is -2.89. The lowest BCUT2D eigenvalue weighted by molar-refractivity contribution is 0.599. The fourth-order valence-corrected chi connectivity index (χ4v) is 4.35. The number of anilines is 2. The van der Waals surface area contributed by atoms with Crippen molar-refractivity contribution in [3.63, 3.8) is 0 Å². The van der Waals surface area contributed by atoms with Crippen LogP contribution in [-0.2, 0) is 9.84 Å². The van der Waals surface area contributed by atoms with Gasteiger partial charge in [-0.1, -0.05) is 13.3 Å². The maximum absolute atomic E-state index is 11.7. The summed E-state index contributed by atoms with van der Waals surface area (Å²) in [5.74, 6) is 2.10. The van der Waals surface area contributed by atoms with Gasteiger partial charge in [-0.3, -0.25) is 0 Å². The Kier molecular flexibility index (Phi) is 5.39. The van der Waals surface area contributed by atoms with Crippen LogP contribution in [0.3, 0.4) is 0 Å². The minimum Gasteiger partial charge on any atom is -0.370 e. The SMILES string of the molecule is CCCCNc1cc(N(CC)C2CCS(=O)(=O)C2)ncn1. The van der Waals surface area contributed by atoms with Crippen LogP contribution in [0.4, 0.5) is 11.6 Å². The standard InChI is InChI=1S/C14H24N4O2S/c1-3-5-7-15-13-9-14(17-11-16-13)18(4-2)12-6-8-21(19,20)10-12/h9,11-12H,3-8,10H2,1-2H3,(H,15,16,17). The maximum Gasteiger partial charge on any atom is 0.152 e. The Bertz CT molecular complexity index is 562. The van der Waals surface area contributed by atoms with Gasteiger partial charge in [0.25, 0.3) is 0 Å². The van der Waals surface area contributed by atoms with Crippen molar-refractivity contribution < 1.29 is 8.42 Å². The Morgan fingerprint density at radius 3 is 2.81 bits per heavy atom. The van der Waals surface area contributed by atoms with Crippen molar-refractivity contribution in [1.82, 2.24) is 9.97 Å². The van der Waals surface area contributed by atoms with Crippen LogP contribution in [0, 0.1) is 0 Å². The van der Waals surface area contributed by atoms with Crippen LogP contribution < -0.4 is 10.2 Å². The molecular formula is C14H24N4O2S. The van der Waals surface area contributed by atoms with Crippen molar-refractivity contribution in [2.45, 2.75) is 39.2 Å². The molecule has 0 aromatic carbocycles. The third-order valence-electron chi connectivity index (χ3n) is 3.77. The van der Waals surface area contributed by atoms with E-state index in [1.165, 1.54) is 6.33 Å². The zero-order valence-corrected chi connectivity index (χ0v) is 13.6. The van der Waals surface area contributed by atoms with Gasteiger partial charge in [0, 0.05) is 25.2 Å². The van der Waals surface area contributed by atoms with Gasteiger partial charge in [-0.15, -0.1) is 0 Å². The summed E-state index contributed by atoms with van der Waals surface area (Å²) in [5, 5.41) is 3.28. The highest BCUT2D eigenvalue weighted by molar-refractivity contribution is 7.91. The largest absolute Gasteiger partial charge is 0.370 e. The van der Waals surface area contributed by atoms with Crippen molar-refractivity contribution in [1.29, 1.82) is 0 Å². The third-order valence-corrected chi connectivity index (χ3v) is 5.52. The summed E-state index contributed by atoms with van der Waals surface area (Å²) < 4.78 is 23.3. The minimum absolute atomic E-state index is 0.0263. The first-order valence-electron chi connectivity index (χ1n) is 7.58. The Morgan fingerprint density at radius 1 is 1.38 bits per heavy atom. The molecular weight excluding hydrogens is 288 g/mol. The summed E-state index contributed by atoms with van der Waals surface area (Å²) in [4.78, 5) is 10.6. The molecule has 1 saturated heterocycles. The second kappa shape index (κ2) is 7.06. The number of rotatable bonds is 7. The lowest BCUT2D eigenvalue weighted by Crippen LogP contribution is -2.36.